The summed E-state index contributed by atoms with van der Waals surface area (Å²) in [5.74, 6) is 0.142. The van der Waals surface area contributed by atoms with Gasteiger partial charge < -0.3 is 14.2 Å². The van der Waals surface area contributed by atoms with Gasteiger partial charge in [-0.15, -0.1) is 0 Å². The van der Waals surface area contributed by atoms with Crippen molar-refractivity contribution < 1.29 is 28.2 Å². The summed E-state index contributed by atoms with van der Waals surface area (Å²) in [5, 5.41) is -0.303. The van der Waals surface area contributed by atoms with Crippen LogP contribution in [-0.2, 0) is 16.1 Å². The molecule has 0 saturated carbocycles. The minimum atomic E-state index is -0.351. The van der Waals surface area contributed by atoms with Gasteiger partial charge in [0.15, 0.2) is 11.5 Å². The van der Waals surface area contributed by atoms with E-state index in [1.54, 1.807) is 43.5 Å². The fourth-order valence-electron chi connectivity index (χ4n) is 2.94. The number of hydrogen-bond donors (Lipinski definition) is 0. The Morgan fingerprint density at radius 1 is 1.19 bits per heavy atom. The number of imide groups is 1. The Hall–Kier alpha value is -2.36. The van der Waals surface area contributed by atoms with E-state index in [-0.39, 0.29) is 23.6 Å². The smallest absolute Gasteiger partial charge is 0.293 e. The molecular weight excluding hydrogens is 489 g/mol. The summed E-state index contributed by atoms with van der Waals surface area (Å²) in [5.41, 5.74) is 1.08. The van der Waals surface area contributed by atoms with Crippen LogP contribution in [0, 0.1) is 5.82 Å². The molecule has 0 spiro atoms. The third-order valence-electron chi connectivity index (χ3n) is 4.48. The minimum absolute atomic E-state index is 0.0291. The Bertz CT molecular complexity index is 1010. The summed E-state index contributed by atoms with van der Waals surface area (Å²) in [4.78, 5) is 26.3. The molecule has 164 valence electrons. The van der Waals surface area contributed by atoms with Gasteiger partial charge in [0.1, 0.15) is 12.4 Å². The molecule has 2 aromatic carbocycles. The van der Waals surface area contributed by atoms with Crippen LogP contribution in [-0.4, -0.2) is 43.4 Å². The summed E-state index contributed by atoms with van der Waals surface area (Å²) in [6, 6.07) is 9.81. The topological polar surface area (TPSA) is 65.1 Å². The summed E-state index contributed by atoms with van der Waals surface area (Å²) in [6.45, 7) is 0.812. The van der Waals surface area contributed by atoms with E-state index in [1.807, 2.05) is 0 Å². The maximum atomic E-state index is 13.9. The second-order valence-corrected chi connectivity index (χ2v) is 8.44. The number of halogens is 2. The number of nitrogens with zero attached hydrogens (tertiary/aromatic N) is 1. The van der Waals surface area contributed by atoms with E-state index >= 15 is 0 Å². The average Bonchev–Trinajstić information content (AvgIpc) is 3.01. The highest BCUT2D eigenvalue weighted by atomic mass is 79.9. The molecule has 0 aromatic heterocycles. The molecule has 6 nitrogen and oxygen atoms in total. The Kier molecular flexibility index (Phi) is 8.11. The standard InChI is InChI=1S/C22H21BrFNO5S/c1-28-9-5-8-25-21(26)19(31-22(25)27)12-14-10-16(23)20(18(11-14)29-2)30-13-15-6-3-4-7-17(15)24/h3-4,6-7,10-12H,5,8-9,13H2,1-2H3/b19-12+. The molecule has 1 heterocycles. The molecule has 0 radical (unpaired) electrons. The van der Waals surface area contributed by atoms with E-state index in [0.29, 0.717) is 51.6 Å². The first kappa shape index (κ1) is 23.3. The number of carbonyl (C=O) groups excluding carboxylic acids is 2. The second kappa shape index (κ2) is 10.8. The van der Waals surface area contributed by atoms with Crippen LogP contribution in [0.3, 0.4) is 0 Å². The molecule has 1 aliphatic rings. The van der Waals surface area contributed by atoms with Crippen LogP contribution >= 0.6 is 27.7 Å². The molecule has 0 N–H and O–H groups in total. The number of thioether (sulfide) groups is 1. The highest BCUT2D eigenvalue weighted by Gasteiger charge is 2.34. The quantitative estimate of drug-likeness (QED) is 0.339. The average molecular weight is 510 g/mol. The SMILES string of the molecule is COCCCN1C(=O)S/C(=C/c2cc(Br)c(OCc3ccccc3F)c(OC)c2)C1=O. The van der Waals surface area contributed by atoms with Gasteiger partial charge in [0.25, 0.3) is 11.1 Å². The molecule has 9 heteroatoms. The van der Waals surface area contributed by atoms with Gasteiger partial charge in [-0.25, -0.2) is 4.39 Å². The van der Waals surface area contributed by atoms with E-state index in [4.69, 9.17) is 14.2 Å². The number of carbonyl (C=O) groups is 2. The summed E-state index contributed by atoms with van der Waals surface area (Å²) in [7, 11) is 3.06. The fraction of sp³-hybridized carbons (Fsp3) is 0.273. The molecule has 0 aliphatic carbocycles. The van der Waals surface area contributed by atoms with Gasteiger partial charge in [0.2, 0.25) is 0 Å². The maximum absolute atomic E-state index is 13.9. The highest BCUT2D eigenvalue weighted by molar-refractivity contribution is 9.10. The number of benzene rings is 2. The zero-order valence-electron chi connectivity index (χ0n) is 17.0. The van der Waals surface area contributed by atoms with Crippen LogP contribution in [0.25, 0.3) is 6.08 Å². The highest BCUT2D eigenvalue weighted by Crippen LogP contribution is 2.39. The van der Waals surface area contributed by atoms with Crippen LogP contribution in [0.15, 0.2) is 45.8 Å². The second-order valence-electron chi connectivity index (χ2n) is 6.59. The van der Waals surface area contributed by atoms with Crippen molar-refractivity contribution in [2.24, 2.45) is 0 Å². The Balaban J connectivity index is 1.79. The summed E-state index contributed by atoms with van der Waals surface area (Å²) >= 11 is 4.35. The van der Waals surface area contributed by atoms with E-state index in [9.17, 15) is 14.0 Å². The van der Waals surface area contributed by atoms with E-state index < -0.39 is 0 Å². The molecule has 2 amide bonds. The molecular formula is C22H21BrFNO5S. The molecule has 31 heavy (non-hydrogen) atoms. The number of ether oxygens (including phenoxy) is 3. The van der Waals surface area contributed by atoms with Crippen LogP contribution in [0.5, 0.6) is 11.5 Å². The normalized spacial score (nSPS) is 15.1. The zero-order chi connectivity index (χ0) is 22.4. The van der Waals surface area contributed by atoms with Crippen LogP contribution in [0.1, 0.15) is 17.5 Å². The summed E-state index contributed by atoms with van der Waals surface area (Å²) < 4.78 is 30.6. The van der Waals surface area contributed by atoms with Crippen LogP contribution in [0.2, 0.25) is 0 Å². The van der Waals surface area contributed by atoms with Crippen molar-refractivity contribution >= 4 is 44.9 Å². The molecule has 2 aromatic rings. The van der Waals surface area contributed by atoms with E-state index in [1.165, 1.54) is 18.1 Å². The first-order valence-corrected chi connectivity index (χ1v) is 11.0. The lowest BCUT2D eigenvalue weighted by Crippen LogP contribution is -2.29. The Morgan fingerprint density at radius 2 is 1.97 bits per heavy atom. The van der Waals surface area contributed by atoms with Crippen molar-refractivity contribution in [2.45, 2.75) is 13.0 Å². The maximum Gasteiger partial charge on any atom is 0.293 e. The van der Waals surface area contributed by atoms with Crippen molar-refractivity contribution in [2.75, 3.05) is 27.4 Å². The van der Waals surface area contributed by atoms with Crippen molar-refractivity contribution in [1.82, 2.24) is 4.90 Å². The Morgan fingerprint density at radius 3 is 2.68 bits per heavy atom. The first-order chi connectivity index (χ1) is 14.9. The van der Waals surface area contributed by atoms with E-state index in [2.05, 4.69) is 15.9 Å². The monoisotopic (exact) mass is 509 g/mol. The summed E-state index contributed by atoms with van der Waals surface area (Å²) in [6.07, 6.45) is 2.21. The third kappa shape index (κ3) is 5.66. The zero-order valence-corrected chi connectivity index (χ0v) is 19.4. The fourth-order valence-corrected chi connectivity index (χ4v) is 4.38. The molecule has 0 bridgehead atoms. The number of hydrogen-bond acceptors (Lipinski definition) is 6. The van der Waals surface area contributed by atoms with Gasteiger partial charge in [-0.2, -0.15) is 0 Å². The van der Waals surface area contributed by atoms with E-state index in [0.717, 1.165) is 11.8 Å². The van der Waals surface area contributed by atoms with Crippen LogP contribution in [0.4, 0.5) is 9.18 Å². The van der Waals surface area contributed by atoms with Gasteiger partial charge >= 0.3 is 0 Å². The van der Waals surface area contributed by atoms with Crippen molar-refractivity contribution in [3.63, 3.8) is 0 Å². The Labute approximate surface area is 192 Å². The predicted molar refractivity (Wildman–Crippen MR) is 121 cm³/mol. The van der Waals surface area contributed by atoms with Gasteiger partial charge in [0.05, 0.1) is 16.5 Å². The van der Waals surface area contributed by atoms with Gasteiger partial charge in [0, 0.05) is 25.8 Å². The third-order valence-corrected chi connectivity index (χ3v) is 5.98. The molecule has 0 unspecified atom stereocenters. The molecule has 3 rings (SSSR count). The molecule has 1 fully saturated rings. The number of rotatable bonds is 9. The van der Waals surface area contributed by atoms with Gasteiger partial charge in [-0.1, -0.05) is 18.2 Å². The lowest BCUT2D eigenvalue weighted by atomic mass is 10.1. The van der Waals surface area contributed by atoms with Gasteiger partial charge in [-0.3, -0.25) is 14.5 Å². The largest absolute Gasteiger partial charge is 0.493 e. The molecule has 1 saturated heterocycles. The van der Waals surface area contributed by atoms with Gasteiger partial charge in [-0.05, 0) is 64.0 Å². The van der Waals surface area contributed by atoms with Crippen molar-refractivity contribution in [1.29, 1.82) is 0 Å². The number of amides is 2. The number of methoxy groups -OCH3 is 2. The first-order valence-electron chi connectivity index (χ1n) is 9.42. The molecule has 0 atom stereocenters. The van der Waals surface area contributed by atoms with Crippen molar-refractivity contribution in [3.8, 4) is 11.5 Å². The minimum Gasteiger partial charge on any atom is -0.493 e. The lowest BCUT2D eigenvalue weighted by molar-refractivity contribution is -0.122. The molecule has 1 aliphatic heterocycles. The van der Waals surface area contributed by atoms with Crippen LogP contribution < -0.4 is 9.47 Å². The predicted octanol–water partition coefficient (Wildman–Crippen LogP) is 5.25. The lowest BCUT2D eigenvalue weighted by Gasteiger charge is -2.14. The van der Waals surface area contributed by atoms with Crippen molar-refractivity contribution in [3.05, 3.63) is 62.7 Å².